The highest BCUT2D eigenvalue weighted by molar-refractivity contribution is 6.10. The molecule has 1 unspecified atom stereocenters. The Hall–Kier alpha value is -5.26. The van der Waals surface area contributed by atoms with E-state index in [4.69, 9.17) is 21.3 Å². The fourth-order valence-electron chi connectivity index (χ4n) is 4.45. The summed E-state index contributed by atoms with van der Waals surface area (Å²) in [6, 6.07) is 13.4. The van der Waals surface area contributed by atoms with Crippen molar-refractivity contribution in [2.24, 2.45) is 11.7 Å². The highest BCUT2D eigenvalue weighted by Crippen LogP contribution is 2.30. The lowest BCUT2D eigenvalue weighted by molar-refractivity contribution is 0.0697. The number of nitrogens with one attached hydrogen (secondary N) is 4. The zero-order chi connectivity index (χ0) is 31.8. The molecule has 226 valence electrons. The molecule has 1 heterocycles. The molecule has 0 aliphatic carbocycles. The molecule has 2 amide bonds. The average Bonchev–Trinajstić information content (AvgIpc) is 2.96. The third kappa shape index (κ3) is 8.38. The minimum Gasteiger partial charge on any atom is -0.481 e. The normalized spacial score (nSPS) is 11.4. The summed E-state index contributed by atoms with van der Waals surface area (Å²) in [5.74, 6) is -1.68. The van der Waals surface area contributed by atoms with Gasteiger partial charge in [0.05, 0.1) is 18.5 Å². The van der Waals surface area contributed by atoms with Crippen LogP contribution in [0.2, 0.25) is 0 Å². The van der Waals surface area contributed by atoms with Gasteiger partial charge in [0.2, 0.25) is 5.88 Å². The number of nitrogen functional groups attached to an aromatic ring is 1. The molecule has 0 bridgehead atoms. The maximum atomic E-state index is 13.4. The molecule has 0 saturated carbocycles. The van der Waals surface area contributed by atoms with Gasteiger partial charge in [0.15, 0.2) is 0 Å². The number of amidine groups is 2. The van der Waals surface area contributed by atoms with Crippen molar-refractivity contribution in [3.8, 4) is 17.0 Å². The summed E-state index contributed by atoms with van der Waals surface area (Å²) in [6.45, 7) is 6.16. The van der Waals surface area contributed by atoms with Crippen molar-refractivity contribution in [1.29, 1.82) is 10.8 Å². The molecule has 12 nitrogen and oxygen atoms in total. The van der Waals surface area contributed by atoms with Crippen molar-refractivity contribution in [3.63, 3.8) is 0 Å². The van der Waals surface area contributed by atoms with Gasteiger partial charge in [-0.05, 0) is 67.3 Å². The minimum absolute atomic E-state index is 0.0863. The van der Waals surface area contributed by atoms with Crippen LogP contribution in [0.15, 0.2) is 54.6 Å². The first kappa shape index (κ1) is 32.3. The van der Waals surface area contributed by atoms with Crippen LogP contribution in [0, 0.1) is 16.7 Å². The molecule has 0 aliphatic heterocycles. The number of carboxylic acids is 1. The van der Waals surface area contributed by atoms with Crippen molar-refractivity contribution in [2.45, 2.75) is 33.2 Å². The van der Waals surface area contributed by atoms with E-state index in [9.17, 15) is 19.5 Å². The van der Waals surface area contributed by atoms with Crippen LogP contribution in [0.3, 0.4) is 0 Å². The summed E-state index contributed by atoms with van der Waals surface area (Å²) in [7, 11) is 3.17. The van der Waals surface area contributed by atoms with E-state index < -0.39 is 17.8 Å². The number of aromatic nitrogens is 1. The first-order chi connectivity index (χ1) is 20.3. The summed E-state index contributed by atoms with van der Waals surface area (Å²) >= 11 is 0. The van der Waals surface area contributed by atoms with Crippen LogP contribution >= 0.6 is 0 Å². The van der Waals surface area contributed by atoms with Gasteiger partial charge in [-0.25, -0.2) is 9.78 Å². The monoisotopic (exact) mass is 587 g/mol. The van der Waals surface area contributed by atoms with Gasteiger partial charge in [0, 0.05) is 48.1 Å². The van der Waals surface area contributed by atoms with Crippen LogP contribution < -0.4 is 21.1 Å². The molecule has 0 radical (unpaired) electrons. The molecular weight excluding hydrogens is 550 g/mol. The van der Waals surface area contributed by atoms with E-state index in [1.165, 1.54) is 37.4 Å². The highest BCUT2D eigenvalue weighted by atomic mass is 16.5. The Morgan fingerprint density at radius 1 is 1.00 bits per heavy atom. The van der Waals surface area contributed by atoms with Crippen molar-refractivity contribution >= 4 is 35.1 Å². The number of anilines is 1. The maximum Gasteiger partial charge on any atom is 0.336 e. The van der Waals surface area contributed by atoms with E-state index in [-0.39, 0.29) is 51.6 Å². The van der Waals surface area contributed by atoms with E-state index in [0.717, 1.165) is 0 Å². The number of rotatable bonds is 12. The number of benzene rings is 2. The Bertz CT molecular complexity index is 1540. The smallest absolute Gasteiger partial charge is 0.336 e. The van der Waals surface area contributed by atoms with Crippen molar-refractivity contribution in [2.75, 3.05) is 26.0 Å². The van der Waals surface area contributed by atoms with Crippen LogP contribution in [-0.4, -0.2) is 71.2 Å². The van der Waals surface area contributed by atoms with Crippen molar-refractivity contribution in [3.05, 3.63) is 77.0 Å². The predicted molar refractivity (Wildman–Crippen MR) is 165 cm³/mol. The zero-order valence-electron chi connectivity index (χ0n) is 24.8. The number of nitrogens with two attached hydrogens (primary N) is 1. The van der Waals surface area contributed by atoms with E-state index in [0.29, 0.717) is 30.1 Å². The molecule has 0 spiro atoms. The standard InChI is InChI=1S/C31H37N7O5/c1-17(2)14-22(16-38(4)18(3)32)36-29(39)20-8-11-23(25(15-20)31(41)42)24-12-13-26(43-5)37-27(24)30(40)35-21-9-6-19(7-10-21)28(33)34/h6-13,15,17,22,32H,14,16H2,1-5H3,(H3,33,34)(H,35,40)(H,36,39)(H,41,42). The maximum absolute atomic E-state index is 13.4. The topological polar surface area (TPSA) is 195 Å². The van der Waals surface area contributed by atoms with Crippen LogP contribution in [0.1, 0.15) is 64.0 Å². The number of aromatic carboxylic acids is 1. The second-order valence-corrected chi connectivity index (χ2v) is 10.5. The number of carbonyl (C=O) groups excluding carboxylic acids is 2. The largest absolute Gasteiger partial charge is 0.481 e. The minimum atomic E-state index is -1.29. The summed E-state index contributed by atoms with van der Waals surface area (Å²) in [5, 5.41) is 31.2. The Balaban J connectivity index is 1.98. The van der Waals surface area contributed by atoms with E-state index in [1.807, 2.05) is 13.8 Å². The van der Waals surface area contributed by atoms with E-state index >= 15 is 0 Å². The van der Waals surface area contributed by atoms with Gasteiger partial charge < -0.3 is 31.1 Å². The number of hydrogen-bond donors (Lipinski definition) is 6. The Labute approximate surface area is 250 Å². The molecule has 3 rings (SSSR count). The number of carboxylic acid groups (broad SMARTS) is 1. The number of likely N-dealkylation sites (N-methyl/N-ethyl adjacent to an activating group) is 1. The van der Waals surface area contributed by atoms with Crippen molar-refractivity contribution in [1.82, 2.24) is 15.2 Å². The number of hydrogen-bond acceptors (Lipinski definition) is 7. The SMILES string of the molecule is COc1ccc(-c2ccc(C(=O)NC(CC(C)C)CN(C)C(C)=N)cc2C(=O)O)c(C(=O)Nc2ccc(C(=N)N)cc2)n1. The van der Waals surface area contributed by atoms with Crippen LogP contribution in [0.4, 0.5) is 5.69 Å². The van der Waals surface area contributed by atoms with Gasteiger partial charge in [0.25, 0.3) is 11.8 Å². The quantitative estimate of drug-likeness (QED) is 0.135. The highest BCUT2D eigenvalue weighted by Gasteiger charge is 2.24. The fourth-order valence-corrected chi connectivity index (χ4v) is 4.45. The number of carbonyl (C=O) groups is 3. The lowest BCUT2D eigenvalue weighted by atomic mass is 9.95. The third-order valence-electron chi connectivity index (χ3n) is 6.71. The van der Waals surface area contributed by atoms with Gasteiger partial charge in [-0.1, -0.05) is 19.9 Å². The third-order valence-corrected chi connectivity index (χ3v) is 6.71. The van der Waals surface area contributed by atoms with Gasteiger partial charge in [-0.15, -0.1) is 0 Å². The number of amides is 2. The first-order valence-electron chi connectivity index (χ1n) is 13.6. The number of pyridine rings is 1. The van der Waals surface area contributed by atoms with Crippen molar-refractivity contribution < 1.29 is 24.2 Å². The molecule has 0 aliphatic rings. The average molecular weight is 588 g/mol. The van der Waals surface area contributed by atoms with Crippen LogP contribution in [-0.2, 0) is 0 Å². The van der Waals surface area contributed by atoms with Crippen LogP contribution in [0.5, 0.6) is 5.88 Å². The molecule has 0 saturated heterocycles. The van der Waals surface area contributed by atoms with Gasteiger partial charge in [-0.2, -0.15) is 0 Å². The predicted octanol–water partition coefficient (Wildman–Crippen LogP) is 4.07. The Morgan fingerprint density at radius 2 is 1.63 bits per heavy atom. The molecule has 3 aromatic rings. The summed E-state index contributed by atoms with van der Waals surface area (Å²) in [5.41, 5.74) is 6.68. The number of ether oxygens (including phenoxy) is 1. The summed E-state index contributed by atoms with van der Waals surface area (Å²) in [4.78, 5) is 45.1. The summed E-state index contributed by atoms with van der Waals surface area (Å²) < 4.78 is 5.21. The molecule has 12 heteroatoms. The Morgan fingerprint density at radius 3 is 2.19 bits per heavy atom. The lowest BCUT2D eigenvalue weighted by Crippen LogP contribution is -2.44. The first-order valence-corrected chi connectivity index (χ1v) is 13.6. The van der Waals surface area contributed by atoms with Gasteiger partial charge in [0.1, 0.15) is 11.5 Å². The van der Waals surface area contributed by atoms with E-state index in [2.05, 4.69) is 15.6 Å². The second kappa shape index (κ2) is 14.1. The molecule has 1 aromatic heterocycles. The number of methoxy groups -OCH3 is 1. The van der Waals surface area contributed by atoms with E-state index in [1.54, 1.807) is 43.1 Å². The zero-order valence-corrected chi connectivity index (χ0v) is 24.8. The molecule has 2 aromatic carbocycles. The number of nitrogens with zero attached hydrogens (tertiary/aromatic N) is 2. The molecule has 43 heavy (non-hydrogen) atoms. The lowest BCUT2D eigenvalue weighted by Gasteiger charge is -2.27. The second-order valence-electron chi connectivity index (χ2n) is 10.5. The Kier molecular flexibility index (Phi) is 10.6. The summed E-state index contributed by atoms with van der Waals surface area (Å²) in [6.07, 6.45) is 0.667. The van der Waals surface area contributed by atoms with Crippen LogP contribution in [0.25, 0.3) is 11.1 Å². The fraction of sp³-hybridized carbons (Fsp3) is 0.290. The molecular formula is C31H37N7O5. The molecule has 7 N–H and O–H groups in total. The van der Waals surface area contributed by atoms with Gasteiger partial charge in [-0.3, -0.25) is 20.4 Å². The molecule has 1 atom stereocenters. The van der Waals surface area contributed by atoms with Gasteiger partial charge >= 0.3 is 5.97 Å². The molecule has 0 fully saturated rings.